The number of rotatable bonds is 1. The summed E-state index contributed by atoms with van der Waals surface area (Å²) in [7, 11) is 0. The zero-order chi connectivity index (χ0) is 5.15. The second kappa shape index (κ2) is 2.16. The van der Waals surface area contributed by atoms with E-state index in [9.17, 15) is 9.59 Å². The summed E-state index contributed by atoms with van der Waals surface area (Å²) in [5.74, 6) is 0. The quantitative estimate of drug-likeness (QED) is 0.293. The Morgan fingerprint density at radius 3 is 1.17 bits per heavy atom. The average molecular weight is 129 g/mol. The number of hydrogen-bond acceptors (Lipinski definition) is 2. The van der Waals surface area contributed by atoms with E-state index in [0.717, 1.165) is 0 Å². The van der Waals surface area contributed by atoms with Crippen molar-refractivity contribution in [1.82, 2.24) is 0 Å². The van der Waals surface area contributed by atoms with Gasteiger partial charge < -0.3 is 0 Å². The highest BCUT2D eigenvalue weighted by atomic mass is 35.5. The van der Waals surface area contributed by atoms with Crippen molar-refractivity contribution in [3.05, 3.63) is 0 Å². The van der Waals surface area contributed by atoms with Gasteiger partial charge in [0.2, 0.25) is 0 Å². The Morgan fingerprint density at radius 2 is 1.17 bits per heavy atom. The number of carbonyl (C=O) groups is 2. The van der Waals surface area contributed by atoms with Crippen molar-refractivity contribution in [3.8, 4) is 0 Å². The van der Waals surface area contributed by atoms with Crippen molar-refractivity contribution in [1.29, 1.82) is 0 Å². The van der Waals surface area contributed by atoms with Crippen molar-refractivity contribution in [2.75, 3.05) is 0 Å². The van der Waals surface area contributed by atoms with Crippen molar-refractivity contribution in [2.24, 2.45) is 0 Å². The van der Waals surface area contributed by atoms with E-state index in [1.54, 1.807) is 0 Å². The van der Waals surface area contributed by atoms with E-state index < -0.39 is 10.5 Å². The zero-order valence-corrected chi connectivity index (χ0v) is 4.08. The summed E-state index contributed by atoms with van der Waals surface area (Å²) in [5.41, 5.74) is 0. The third-order valence-electron chi connectivity index (χ3n) is 0.155. The molecule has 0 fully saturated rings. The minimum atomic E-state index is -1.14. The summed E-state index contributed by atoms with van der Waals surface area (Å²) in [4.78, 5) is 18.9. The van der Waals surface area contributed by atoms with Crippen LogP contribution < -0.4 is 0 Å². The highest BCUT2D eigenvalue weighted by Gasteiger charge is 2.01. The van der Waals surface area contributed by atoms with Crippen LogP contribution >= 0.6 is 23.2 Å². The first kappa shape index (κ1) is 5.92. The molecule has 0 aromatic carbocycles. The molecule has 0 heterocycles. The molecule has 0 atom stereocenters. The molecular formula is C2Cl2O2. The van der Waals surface area contributed by atoms with Gasteiger partial charge >= 0.3 is 10.5 Å². The van der Waals surface area contributed by atoms with E-state index in [1.807, 2.05) is 0 Å². The third-order valence-corrected chi connectivity index (χ3v) is 0.595. The maximum atomic E-state index is 9.43. The maximum Gasteiger partial charge on any atom is 0.304 e. The van der Waals surface area contributed by atoms with Gasteiger partial charge in [0.25, 0.3) is 0 Å². The smallest absolute Gasteiger partial charge is 0.271 e. The number of hydrogen-bond donors (Lipinski definition) is 0. The summed E-state index contributed by atoms with van der Waals surface area (Å²) < 4.78 is 0. The van der Waals surface area contributed by atoms with Gasteiger partial charge in [-0.3, -0.25) is 9.59 Å². The molecular weight excluding hydrogens is 129 g/mol. The molecule has 0 aliphatic heterocycles. The standard InChI is InChI=1S/C2Cl2O2/c3-1(5)2(4)6/i1+1,2+1. The Morgan fingerprint density at radius 1 is 1.00 bits per heavy atom. The molecule has 2 nitrogen and oxygen atoms in total. The first-order valence-corrected chi connectivity index (χ1v) is 1.79. The van der Waals surface area contributed by atoms with Crippen LogP contribution in [0.4, 0.5) is 0 Å². The van der Waals surface area contributed by atoms with Gasteiger partial charge in [-0.1, -0.05) is 0 Å². The highest BCUT2D eigenvalue weighted by molar-refractivity contribution is 6.97. The largest absolute Gasteiger partial charge is 0.304 e. The molecule has 0 unspecified atom stereocenters. The molecule has 0 aromatic rings. The normalized spacial score (nSPS) is 7.67. The minimum absolute atomic E-state index is 1.14. The van der Waals surface area contributed by atoms with Gasteiger partial charge in [0.15, 0.2) is 0 Å². The van der Waals surface area contributed by atoms with Gasteiger partial charge in [-0.2, -0.15) is 0 Å². The monoisotopic (exact) mass is 128 g/mol. The Labute approximate surface area is 44.0 Å². The Kier molecular flexibility index (Phi) is 2.13. The summed E-state index contributed by atoms with van der Waals surface area (Å²) in [6, 6.07) is 0. The van der Waals surface area contributed by atoms with Gasteiger partial charge in [0.05, 0.1) is 0 Å². The van der Waals surface area contributed by atoms with Gasteiger partial charge in [0.1, 0.15) is 0 Å². The molecule has 0 N–H and O–H groups in total. The lowest BCUT2D eigenvalue weighted by molar-refractivity contribution is -0.127. The highest BCUT2D eigenvalue weighted by Crippen LogP contribution is 1.84. The van der Waals surface area contributed by atoms with Crippen LogP contribution in [-0.2, 0) is 9.59 Å². The maximum absolute atomic E-state index is 9.43. The van der Waals surface area contributed by atoms with Gasteiger partial charge in [-0.25, -0.2) is 0 Å². The Bertz CT molecular complexity index is 75.5. The van der Waals surface area contributed by atoms with Gasteiger partial charge in [0, 0.05) is 0 Å². The summed E-state index contributed by atoms with van der Waals surface area (Å²) in [6.07, 6.45) is 0. The molecule has 0 saturated carbocycles. The lowest BCUT2D eigenvalue weighted by Gasteiger charge is -1.67. The van der Waals surface area contributed by atoms with Crippen LogP contribution in [0.3, 0.4) is 0 Å². The first-order valence-electron chi connectivity index (χ1n) is 1.04. The Balaban J connectivity index is 3.57. The minimum Gasteiger partial charge on any atom is -0.271 e. The van der Waals surface area contributed by atoms with Crippen LogP contribution in [0.1, 0.15) is 0 Å². The predicted octanol–water partition coefficient (Wildman–Crippen LogP) is 0.517. The number of halogens is 2. The van der Waals surface area contributed by atoms with Crippen LogP contribution in [0.5, 0.6) is 0 Å². The zero-order valence-electron chi connectivity index (χ0n) is 2.57. The second-order valence-electron chi connectivity index (χ2n) is 0.547. The fraction of sp³-hybridized carbons (Fsp3) is 0. The van der Waals surface area contributed by atoms with Crippen LogP contribution in [0.2, 0.25) is 0 Å². The van der Waals surface area contributed by atoms with Gasteiger partial charge in [-0.05, 0) is 23.2 Å². The fourth-order valence-corrected chi connectivity index (χ4v) is 0. The van der Waals surface area contributed by atoms with Crippen LogP contribution in [0.15, 0.2) is 0 Å². The molecule has 0 aromatic heterocycles. The summed E-state index contributed by atoms with van der Waals surface area (Å²) in [5, 5.41) is -2.28. The molecule has 4 heteroatoms. The molecule has 0 radical (unpaired) electrons. The molecule has 34 valence electrons. The van der Waals surface area contributed by atoms with Crippen LogP contribution in [-0.4, -0.2) is 10.5 Å². The van der Waals surface area contributed by atoms with E-state index in [1.165, 1.54) is 0 Å². The molecule has 0 bridgehead atoms. The van der Waals surface area contributed by atoms with E-state index >= 15 is 0 Å². The Hall–Kier alpha value is -0.0800. The molecule has 0 aliphatic carbocycles. The molecule has 6 heavy (non-hydrogen) atoms. The fourth-order valence-electron chi connectivity index (χ4n) is 0. The van der Waals surface area contributed by atoms with Crippen LogP contribution in [0, 0.1) is 0 Å². The van der Waals surface area contributed by atoms with E-state index in [0.29, 0.717) is 0 Å². The molecule has 0 rings (SSSR count). The molecule has 0 spiro atoms. The van der Waals surface area contributed by atoms with Gasteiger partial charge in [-0.15, -0.1) is 0 Å². The molecule has 0 amide bonds. The molecule has 0 saturated heterocycles. The average Bonchev–Trinajstić information content (AvgIpc) is 1.36. The third kappa shape index (κ3) is 2.18. The predicted molar refractivity (Wildman–Crippen MR) is 21.7 cm³/mol. The summed E-state index contributed by atoms with van der Waals surface area (Å²) in [6.45, 7) is 0. The SMILES string of the molecule is O=[13C](Cl)[13C](=O)Cl. The lowest BCUT2D eigenvalue weighted by Crippen LogP contribution is -1.94. The van der Waals surface area contributed by atoms with Crippen molar-refractivity contribution in [3.63, 3.8) is 0 Å². The van der Waals surface area contributed by atoms with Crippen LogP contribution in [0.25, 0.3) is 0 Å². The van der Waals surface area contributed by atoms with Crippen molar-refractivity contribution in [2.45, 2.75) is 0 Å². The lowest BCUT2D eigenvalue weighted by atomic mass is 11.8. The van der Waals surface area contributed by atoms with Crippen molar-refractivity contribution >= 4 is 33.7 Å². The summed E-state index contributed by atoms with van der Waals surface area (Å²) >= 11 is 8.98. The topological polar surface area (TPSA) is 34.1 Å². The molecule has 0 aliphatic rings. The number of carbonyl (C=O) groups excluding carboxylic acids is 2. The van der Waals surface area contributed by atoms with E-state index in [4.69, 9.17) is 0 Å². The van der Waals surface area contributed by atoms with Crippen molar-refractivity contribution < 1.29 is 9.59 Å². The first-order chi connectivity index (χ1) is 2.64. The second-order valence-corrected chi connectivity index (χ2v) is 1.23. The van der Waals surface area contributed by atoms with E-state index in [-0.39, 0.29) is 0 Å². The van der Waals surface area contributed by atoms with E-state index in [2.05, 4.69) is 23.2 Å².